The molecule has 1 aromatic carbocycles. The number of carbonyl (C=O) groups excluding carboxylic acids is 5. The van der Waals surface area contributed by atoms with E-state index < -0.39 is 216 Å². The molecule has 5 amide bonds. The van der Waals surface area contributed by atoms with Crippen LogP contribution in [0.25, 0.3) is 0 Å². The summed E-state index contributed by atoms with van der Waals surface area (Å²) in [6.45, 7) is 1.92. The summed E-state index contributed by atoms with van der Waals surface area (Å²) in [7, 11) is 0. The van der Waals surface area contributed by atoms with E-state index in [9.17, 15) is 85.3 Å². The second-order valence-electron chi connectivity index (χ2n) is 22.0. The van der Waals surface area contributed by atoms with Gasteiger partial charge in [-0.2, -0.15) is 0 Å². The van der Waals surface area contributed by atoms with Crippen molar-refractivity contribution in [2.75, 3.05) is 39.6 Å². The third-order valence-electron chi connectivity index (χ3n) is 15.3. The summed E-state index contributed by atoms with van der Waals surface area (Å²) < 4.78 is 59.8. The van der Waals surface area contributed by atoms with E-state index in [1.807, 2.05) is 0 Å². The molecule has 0 aromatic heterocycles. The molecule has 17 N–H and O–H groups in total. The summed E-state index contributed by atoms with van der Waals surface area (Å²) in [5.74, 6) is 2.72. The summed E-state index contributed by atoms with van der Waals surface area (Å²) >= 11 is 0. The van der Waals surface area contributed by atoms with E-state index in [0.717, 1.165) is 53.4 Å². The number of aliphatic hydroxyl groups is 12. The van der Waals surface area contributed by atoms with Crippen molar-refractivity contribution in [3.05, 3.63) is 29.8 Å². The minimum Gasteiger partial charge on any atom is -0.494 e. The van der Waals surface area contributed by atoms with E-state index in [1.165, 1.54) is 18.6 Å². The summed E-state index contributed by atoms with van der Waals surface area (Å²) in [5, 5.41) is 145. The first-order valence-corrected chi connectivity index (χ1v) is 29.3. The first kappa shape index (κ1) is 72.2. The number of ether oxygens (including phenoxy) is 10. The lowest BCUT2D eigenvalue weighted by atomic mass is 9.93. The lowest BCUT2D eigenvalue weighted by Gasteiger charge is -2.51. The van der Waals surface area contributed by atoms with E-state index in [2.05, 4.69) is 45.3 Å². The summed E-state index contributed by atoms with van der Waals surface area (Å²) in [4.78, 5) is 64.1. The Balaban J connectivity index is 1.18. The fourth-order valence-corrected chi connectivity index (χ4v) is 11.0. The number of rotatable bonds is 27. The number of nitrogens with one attached hydrogen (secondary N) is 5. The van der Waals surface area contributed by atoms with Crippen molar-refractivity contribution in [3.63, 3.8) is 0 Å². The van der Waals surface area contributed by atoms with Crippen LogP contribution in [0.3, 0.4) is 0 Å². The van der Waals surface area contributed by atoms with E-state index in [-0.39, 0.29) is 5.56 Å². The highest BCUT2D eigenvalue weighted by Gasteiger charge is 2.58. The molecule has 0 radical (unpaired) electrons. The number of hydrogen-bond acceptors (Lipinski definition) is 27. The summed E-state index contributed by atoms with van der Waals surface area (Å²) in [6, 6.07) is -2.26. The number of benzene rings is 1. The molecule has 0 aliphatic carbocycles. The molecule has 25 atom stereocenters. The minimum absolute atomic E-state index is 0.0436. The van der Waals surface area contributed by atoms with Gasteiger partial charge in [-0.3, -0.25) is 24.0 Å². The second-order valence-corrected chi connectivity index (χ2v) is 22.0. The zero-order valence-corrected chi connectivity index (χ0v) is 49.4. The lowest BCUT2D eigenvalue weighted by molar-refractivity contribution is -0.367. The Morgan fingerprint density at radius 3 is 1.24 bits per heavy atom. The van der Waals surface area contributed by atoms with Gasteiger partial charge in [-0.1, -0.05) is 32.3 Å². The maximum absolute atomic E-state index is 13.9. The van der Waals surface area contributed by atoms with Crippen molar-refractivity contribution in [1.29, 1.82) is 0 Å². The average molecular weight is 1260 g/mol. The fourth-order valence-electron chi connectivity index (χ4n) is 11.0. The number of aliphatic hydroxyl groups excluding tert-OH is 12. The van der Waals surface area contributed by atoms with Crippen LogP contribution in [0.5, 0.6) is 5.75 Å². The van der Waals surface area contributed by atoms with E-state index in [4.69, 9.17) is 47.4 Å². The molecule has 6 rings (SSSR count). The first-order valence-electron chi connectivity index (χ1n) is 29.3. The van der Waals surface area contributed by atoms with Gasteiger partial charge in [-0.05, 0) is 31.0 Å². The maximum Gasteiger partial charge on any atom is 0.251 e. The van der Waals surface area contributed by atoms with Gasteiger partial charge in [0, 0.05) is 46.1 Å². The Morgan fingerprint density at radius 2 is 0.830 bits per heavy atom. The van der Waals surface area contributed by atoms with Crippen molar-refractivity contribution in [3.8, 4) is 17.6 Å². The predicted octanol–water partition coefficient (Wildman–Crippen LogP) is -6.78. The number of unbranched alkanes of at least 4 members (excludes halogenated alkanes) is 5. The van der Waals surface area contributed by atoms with Gasteiger partial charge in [-0.25, -0.2) is 0 Å². The van der Waals surface area contributed by atoms with Crippen molar-refractivity contribution in [2.24, 2.45) is 0 Å². The molecule has 12 unspecified atom stereocenters. The average Bonchev–Trinajstić information content (AvgIpc) is 1.52. The zero-order chi connectivity index (χ0) is 64.5. The van der Waals surface area contributed by atoms with Gasteiger partial charge in [0.25, 0.3) is 5.91 Å². The Hall–Kier alpha value is -4.91. The van der Waals surface area contributed by atoms with Crippen LogP contribution in [-0.2, 0) is 61.8 Å². The third kappa shape index (κ3) is 18.6. The molecule has 5 aliphatic rings. The Morgan fingerprint density at radius 1 is 0.455 bits per heavy atom. The summed E-state index contributed by atoms with van der Waals surface area (Å²) in [5.41, 5.74) is 0.0436. The molecule has 498 valence electrons. The standard InChI is InChI=1S/C56H87N5O27/c1-6-7-8-9-10-11-12-13-14-18-79-30-17-15-16-29(19-30)51(77)61-37-42(72)41(71)31(20-62)81-53(37)86-48-33(22-64)83-55(39(44(48)74)59-27(4)69)88-50-35(24-66)84-56(40(46(50)76)60-28(5)70)87-49-34(23-65)82-54(38(45(49)75)58-26(3)68)85-47-32(21-63)80-52(78)36(43(47)73)57-25(2)67/h15-17,19,31-50,52-56,62-66,71-76,78H,6-10,13-14,18,20-24H2,1-5H3,(H,57,67)(H,58,68)(H,59,69)(H,60,70)(H,61,77)/t31?,32?,33-,34-,35?,36-,37-,38?,39?,40-,41+,42?,43+,44?,45?,46+,47?,48+,49+,50?,52+,53-,54?,55?,56-/m0/s1. The van der Waals surface area contributed by atoms with Crippen LogP contribution in [0.15, 0.2) is 24.3 Å². The first-order chi connectivity index (χ1) is 42.0. The Labute approximate surface area is 507 Å². The van der Waals surface area contributed by atoms with Gasteiger partial charge in [0.2, 0.25) is 23.6 Å². The second kappa shape index (κ2) is 34.5. The van der Waals surface area contributed by atoms with Crippen molar-refractivity contribution >= 4 is 29.5 Å². The number of carbonyl (C=O) groups is 5. The van der Waals surface area contributed by atoms with Crippen LogP contribution in [0.2, 0.25) is 0 Å². The van der Waals surface area contributed by atoms with E-state index in [1.54, 1.807) is 12.1 Å². The van der Waals surface area contributed by atoms with Crippen molar-refractivity contribution < 1.29 is 133 Å². The van der Waals surface area contributed by atoms with Crippen LogP contribution < -0.4 is 31.3 Å². The number of amides is 5. The van der Waals surface area contributed by atoms with Gasteiger partial charge >= 0.3 is 0 Å². The molecule has 0 saturated carbocycles. The predicted molar refractivity (Wildman–Crippen MR) is 296 cm³/mol. The van der Waals surface area contributed by atoms with Gasteiger partial charge in [-0.15, -0.1) is 11.8 Å². The molecule has 5 fully saturated rings. The number of hydrogen-bond donors (Lipinski definition) is 17. The van der Waals surface area contributed by atoms with Crippen LogP contribution in [-0.4, -0.2) is 284 Å². The fraction of sp³-hybridized carbons (Fsp3) is 0.768. The molecular formula is C56H87N5O27. The van der Waals surface area contributed by atoms with Gasteiger partial charge in [0.05, 0.1) is 39.6 Å². The molecule has 32 heteroatoms. The van der Waals surface area contributed by atoms with Crippen LogP contribution in [0.4, 0.5) is 0 Å². The van der Waals surface area contributed by atoms with Crippen LogP contribution in [0, 0.1) is 11.8 Å². The quantitative estimate of drug-likeness (QED) is 0.0288. The molecule has 32 nitrogen and oxygen atoms in total. The maximum atomic E-state index is 13.9. The Kier molecular flexibility index (Phi) is 28.3. The SMILES string of the molecule is CCCCCCC#CCCCOc1cccc(C(=O)N[C@H]2C(O)[C@H](O)C(CO)O[C@H]2O[C@H]2C(O)C(NC(C)=O)C(OC3C(CO)O[C@@H](O[C@H]4C(O)C(NC(C)=O)C(OC5C(CO)O[C@@H](O)[C@@H](NC(C)=O)[C@H]5O)O[C@H]4CO)[C@@H](NC(C)=O)[C@H]3O)O[C@H]2CO)c1. The third-order valence-corrected chi connectivity index (χ3v) is 15.3. The molecule has 0 bridgehead atoms. The molecule has 88 heavy (non-hydrogen) atoms. The van der Waals surface area contributed by atoms with Gasteiger partial charge < -0.3 is 135 Å². The smallest absolute Gasteiger partial charge is 0.251 e. The zero-order valence-electron chi connectivity index (χ0n) is 49.4. The van der Waals surface area contributed by atoms with Crippen LogP contribution >= 0.6 is 0 Å². The van der Waals surface area contributed by atoms with Gasteiger partial charge in [0.1, 0.15) is 128 Å². The van der Waals surface area contributed by atoms with E-state index >= 15 is 0 Å². The highest BCUT2D eigenvalue weighted by atomic mass is 16.8. The van der Waals surface area contributed by atoms with Crippen molar-refractivity contribution in [2.45, 2.75) is 233 Å². The minimum atomic E-state index is -2.03. The Bertz CT molecular complexity index is 2460. The molecule has 0 spiro atoms. The lowest BCUT2D eigenvalue weighted by Crippen LogP contribution is -2.72. The van der Waals surface area contributed by atoms with Gasteiger partial charge in [0.15, 0.2) is 31.5 Å². The molecule has 5 heterocycles. The van der Waals surface area contributed by atoms with Crippen molar-refractivity contribution in [1.82, 2.24) is 26.6 Å². The topological polar surface area (TPSA) is 481 Å². The highest BCUT2D eigenvalue weighted by molar-refractivity contribution is 5.94. The highest BCUT2D eigenvalue weighted by Crippen LogP contribution is 2.36. The summed E-state index contributed by atoms with van der Waals surface area (Å²) in [6.07, 6.45) is -29.4. The van der Waals surface area contributed by atoms with E-state index in [0.29, 0.717) is 25.2 Å². The molecule has 5 saturated heterocycles. The largest absolute Gasteiger partial charge is 0.494 e. The normalized spacial score (nSPS) is 37.5. The van der Waals surface area contributed by atoms with Crippen LogP contribution in [0.1, 0.15) is 89.9 Å². The monoisotopic (exact) mass is 1260 g/mol. The molecule has 1 aromatic rings. The molecule has 5 aliphatic heterocycles. The molecular weight excluding hydrogens is 1170 g/mol.